The number of amides is 1. The third-order valence-electron chi connectivity index (χ3n) is 1.82. The summed E-state index contributed by atoms with van der Waals surface area (Å²) in [5.41, 5.74) is 0. The highest BCUT2D eigenvalue weighted by Crippen LogP contribution is 1.99. The van der Waals surface area contributed by atoms with Crippen molar-refractivity contribution in [2.45, 2.75) is 19.4 Å². The van der Waals surface area contributed by atoms with Gasteiger partial charge in [-0.05, 0) is 14.0 Å². The molecule has 0 spiro atoms. The van der Waals surface area contributed by atoms with Crippen molar-refractivity contribution in [3.8, 4) is 0 Å². The second-order valence-corrected chi connectivity index (χ2v) is 3.03. The molecule has 1 aromatic heterocycles. The van der Waals surface area contributed by atoms with Crippen molar-refractivity contribution in [2.24, 2.45) is 0 Å². The molecule has 5 nitrogen and oxygen atoms in total. The normalized spacial score (nSPS) is 12.1. The first-order valence-electron chi connectivity index (χ1n) is 4.45. The number of nitrogens with one attached hydrogen (secondary N) is 2. The molecule has 0 fully saturated rings. The summed E-state index contributed by atoms with van der Waals surface area (Å²) in [4.78, 5) is 19.1. The Hall–Kier alpha value is -1.49. The van der Waals surface area contributed by atoms with Gasteiger partial charge in [0.05, 0.1) is 6.20 Å². The number of carbonyl (C=O) groups is 1. The van der Waals surface area contributed by atoms with Crippen LogP contribution in [0.15, 0.2) is 18.6 Å². The Kier molecular flexibility index (Phi) is 4.00. The molecular formula is C9H14N4O. The third kappa shape index (κ3) is 3.49. The molecule has 5 heteroatoms. The van der Waals surface area contributed by atoms with Crippen LogP contribution in [0.2, 0.25) is 0 Å². The number of carbonyl (C=O) groups excluding carboxylic acids is 1. The Balaban J connectivity index is 2.42. The highest BCUT2D eigenvalue weighted by molar-refractivity contribution is 5.89. The van der Waals surface area contributed by atoms with E-state index in [0.717, 1.165) is 0 Å². The maximum atomic E-state index is 11.4. The van der Waals surface area contributed by atoms with Crippen LogP contribution in [-0.2, 0) is 4.79 Å². The van der Waals surface area contributed by atoms with Crippen LogP contribution in [-0.4, -0.2) is 29.0 Å². The van der Waals surface area contributed by atoms with E-state index in [1.165, 1.54) is 12.4 Å². The summed E-state index contributed by atoms with van der Waals surface area (Å²) in [7, 11) is 1.82. The van der Waals surface area contributed by atoms with Gasteiger partial charge < -0.3 is 10.6 Å². The molecule has 0 aliphatic carbocycles. The Bertz CT molecular complexity index is 288. The number of rotatable bonds is 4. The van der Waals surface area contributed by atoms with Gasteiger partial charge in [0.2, 0.25) is 5.91 Å². The lowest BCUT2D eigenvalue weighted by molar-refractivity contribution is -0.116. The molecule has 0 saturated carbocycles. The van der Waals surface area contributed by atoms with Crippen molar-refractivity contribution in [3.63, 3.8) is 0 Å². The van der Waals surface area contributed by atoms with Gasteiger partial charge in [0.25, 0.3) is 0 Å². The lowest BCUT2D eigenvalue weighted by Gasteiger charge is -2.09. The van der Waals surface area contributed by atoms with E-state index in [0.29, 0.717) is 12.2 Å². The first kappa shape index (κ1) is 10.6. The summed E-state index contributed by atoms with van der Waals surface area (Å²) in [6, 6.07) is 0.159. The molecule has 1 aromatic rings. The smallest absolute Gasteiger partial charge is 0.227 e. The molecule has 1 unspecified atom stereocenters. The van der Waals surface area contributed by atoms with E-state index in [9.17, 15) is 4.79 Å². The van der Waals surface area contributed by atoms with Crippen molar-refractivity contribution in [1.82, 2.24) is 15.3 Å². The van der Waals surface area contributed by atoms with Crippen molar-refractivity contribution >= 4 is 11.7 Å². The van der Waals surface area contributed by atoms with Crippen LogP contribution >= 0.6 is 0 Å². The van der Waals surface area contributed by atoms with E-state index in [1.54, 1.807) is 6.20 Å². The van der Waals surface area contributed by atoms with Crippen LogP contribution in [0.5, 0.6) is 0 Å². The Morgan fingerprint density at radius 2 is 2.36 bits per heavy atom. The second kappa shape index (κ2) is 5.29. The van der Waals surface area contributed by atoms with Crippen molar-refractivity contribution in [3.05, 3.63) is 18.6 Å². The summed E-state index contributed by atoms with van der Waals surface area (Å²) >= 11 is 0. The van der Waals surface area contributed by atoms with Gasteiger partial charge in [-0.25, -0.2) is 4.98 Å². The highest BCUT2D eigenvalue weighted by atomic mass is 16.1. The summed E-state index contributed by atoms with van der Waals surface area (Å²) in [6.07, 6.45) is 5.04. The lowest BCUT2D eigenvalue weighted by Crippen LogP contribution is -2.27. The average molecular weight is 194 g/mol. The van der Waals surface area contributed by atoms with Crippen molar-refractivity contribution in [1.29, 1.82) is 0 Å². The van der Waals surface area contributed by atoms with Crippen LogP contribution in [0.1, 0.15) is 13.3 Å². The van der Waals surface area contributed by atoms with E-state index >= 15 is 0 Å². The van der Waals surface area contributed by atoms with Gasteiger partial charge in [-0.2, -0.15) is 0 Å². The number of hydrogen-bond acceptors (Lipinski definition) is 4. The minimum absolute atomic E-state index is 0.0626. The Morgan fingerprint density at radius 1 is 1.57 bits per heavy atom. The van der Waals surface area contributed by atoms with Gasteiger partial charge >= 0.3 is 0 Å². The molecule has 76 valence electrons. The van der Waals surface area contributed by atoms with Crippen molar-refractivity contribution < 1.29 is 4.79 Å². The van der Waals surface area contributed by atoms with Gasteiger partial charge in [0.1, 0.15) is 0 Å². The summed E-state index contributed by atoms with van der Waals surface area (Å²) in [5.74, 6) is 0.424. The van der Waals surface area contributed by atoms with Crippen LogP contribution in [0.25, 0.3) is 0 Å². The maximum Gasteiger partial charge on any atom is 0.227 e. The van der Waals surface area contributed by atoms with E-state index in [2.05, 4.69) is 20.6 Å². The molecule has 1 atom stereocenters. The number of hydrogen-bond donors (Lipinski definition) is 2. The van der Waals surface area contributed by atoms with Gasteiger partial charge in [-0.3, -0.25) is 9.78 Å². The standard InChI is InChI=1S/C9H14N4O/c1-7(10-2)5-9(14)13-8-6-11-3-4-12-8/h3-4,6-7,10H,5H2,1-2H3,(H,12,13,14). The fraction of sp³-hybridized carbons (Fsp3) is 0.444. The Labute approximate surface area is 83.0 Å². The molecule has 1 amide bonds. The zero-order valence-corrected chi connectivity index (χ0v) is 8.32. The molecule has 14 heavy (non-hydrogen) atoms. The van der Waals surface area contributed by atoms with Gasteiger partial charge in [0, 0.05) is 24.9 Å². The zero-order chi connectivity index (χ0) is 10.4. The predicted molar refractivity (Wildman–Crippen MR) is 53.8 cm³/mol. The minimum Gasteiger partial charge on any atom is -0.317 e. The second-order valence-electron chi connectivity index (χ2n) is 3.03. The van der Waals surface area contributed by atoms with Crippen LogP contribution in [0.3, 0.4) is 0 Å². The highest BCUT2D eigenvalue weighted by Gasteiger charge is 2.07. The first-order chi connectivity index (χ1) is 6.72. The zero-order valence-electron chi connectivity index (χ0n) is 8.32. The molecule has 2 N–H and O–H groups in total. The molecule has 0 aromatic carbocycles. The first-order valence-corrected chi connectivity index (χ1v) is 4.45. The molecule has 0 bridgehead atoms. The van der Waals surface area contributed by atoms with E-state index < -0.39 is 0 Å². The van der Waals surface area contributed by atoms with Gasteiger partial charge in [0.15, 0.2) is 5.82 Å². The van der Waals surface area contributed by atoms with Crippen LogP contribution < -0.4 is 10.6 Å². The third-order valence-corrected chi connectivity index (χ3v) is 1.82. The minimum atomic E-state index is -0.0626. The fourth-order valence-corrected chi connectivity index (χ4v) is 0.938. The summed E-state index contributed by atoms with van der Waals surface area (Å²) in [6.45, 7) is 1.94. The summed E-state index contributed by atoms with van der Waals surface area (Å²) in [5, 5.41) is 5.64. The molecule has 1 rings (SSSR count). The number of anilines is 1. The molecule has 0 radical (unpaired) electrons. The van der Waals surface area contributed by atoms with E-state index in [1.807, 2.05) is 14.0 Å². The predicted octanol–water partition coefficient (Wildman–Crippen LogP) is 0.413. The van der Waals surface area contributed by atoms with Crippen LogP contribution in [0, 0.1) is 0 Å². The number of nitrogens with zero attached hydrogens (tertiary/aromatic N) is 2. The quantitative estimate of drug-likeness (QED) is 0.728. The molecule has 1 heterocycles. The summed E-state index contributed by atoms with van der Waals surface area (Å²) < 4.78 is 0. The van der Waals surface area contributed by atoms with E-state index in [-0.39, 0.29) is 11.9 Å². The fourth-order valence-electron chi connectivity index (χ4n) is 0.938. The Morgan fingerprint density at radius 3 is 2.93 bits per heavy atom. The van der Waals surface area contributed by atoms with Gasteiger partial charge in [-0.15, -0.1) is 0 Å². The number of aromatic nitrogens is 2. The SMILES string of the molecule is CNC(C)CC(=O)Nc1cnccn1. The largest absolute Gasteiger partial charge is 0.317 e. The van der Waals surface area contributed by atoms with E-state index in [4.69, 9.17) is 0 Å². The lowest BCUT2D eigenvalue weighted by atomic mass is 10.2. The average Bonchev–Trinajstić information content (AvgIpc) is 2.19. The van der Waals surface area contributed by atoms with Crippen LogP contribution in [0.4, 0.5) is 5.82 Å². The molecule has 0 aliphatic heterocycles. The van der Waals surface area contributed by atoms with Crippen molar-refractivity contribution in [2.75, 3.05) is 12.4 Å². The molecule has 0 aliphatic rings. The monoisotopic (exact) mass is 194 g/mol. The molecule has 0 saturated heterocycles. The topological polar surface area (TPSA) is 66.9 Å². The maximum absolute atomic E-state index is 11.4. The van der Waals surface area contributed by atoms with Gasteiger partial charge in [-0.1, -0.05) is 0 Å². The molecular weight excluding hydrogens is 180 g/mol.